The van der Waals surface area contributed by atoms with Crippen molar-refractivity contribution in [2.45, 2.75) is 5.03 Å². The van der Waals surface area contributed by atoms with Gasteiger partial charge in [-0.2, -0.15) is 0 Å². The van der Waals surface area contributed by atoms with Crippen molar-refractivity contribution in [3.05, 3.63) is 54.5 Å². The summed E-state index contributed by atoms with van der Waals surface area (Å²) in [6.07, 6.45) is 2.88. The molecule has 1 aromatic carbocycles. The van der Waals surface area contributed by atoms with Crippen molar-refractivity contribution in [2.75, 3.05) is 31.9 Å². The highest BCUT2D eigenvalue weighted by Crippen LogP contribution is 2.38. The molecular formula is C21H17FN4O3S2. The summed E-state index contributed by atoms with van der Waals surface area (Å²) in [5.41, 5.74) is 0.577. The van der Waals surface area contributed by atoms with E-state index in [1.807, 2.05) is 6.07 Å². The first kappa shape index (κ1) is 20.0. The SMILES string of the molecule is O=C(CSc1ncnc2c1sc1cccc(F)c12)N1CCN(C(=O)c2ccco2)CC1. The molecule has 1 aliphatic rings. The molecule has 0 unspecified atom stereocenters. The highest BCUT2D eigenvalue weighted by Gasteiger charge is 2.26. The number of carbonyl (C=O) groups is 2. The number of nitrogens with zero attached hydrogens (tertiary/aromatic N) is 4. The smallest absolute Gasteiger partial charge is 0.289 e. The van der Waals surface area contributed by atoms with Crippen LogP contribution < -0.4 is 0 Å². The number of amides is 2. The third-order valence-corrected chi connectivity index (χ3v) is 7.43. The van der Waals surface area contributed by atoms with Gasteiger partial charge in [0.25, 0.3) is 5.91 Å². The van der Waals surface area contributed by atoms with E-state index >= 15 is 0 Å². The van der Waals surface area contributed by atoms with Crippen LogP contribution in [-0.4, -0.2) is 63.5 Å². The van der Waals surface area contributed by atoms with E-state index in [9.17, 15) is 14.0 Å². The van der Waals surface area contributed by atoms with Crippen molar-refractivity contribution in [1.82, 2.24) is 19.8 Å². The van der Waals surface area contributed by atoms with Gasteiger partial charge in [-0.05, 0) is 24.3 Å². The van der Waals surface area contributed by atoms with E-state index < -0.39 is 0 Å². The molecule has 1 fully saturated rings. The zero-order valence-corrected chi connectivity index (χ0v) is 17.9. The zero-order valence-electron chi connectivity index (χ0n) is 16.3. The number of fused-ring (bicyclic) bond motifs is 3. The molecular weight excluding hydrogens is 439 g/mol. The van der Waals surface area contributed by atoms with Crippen LogP contribution in [0.5, 0.6) is 0 Å². The Kier molecular flexibility index (Phi) is 5.33. The normalized spacial score (nSPS) is 14.5. The third-order valence-electron chi connectivity index (χ3n) is 5.18. The number of halogens is 1. The molecule has 10 heteroatoms. The topological polar surface area (TPSA) is 79.5 Å². The lowest BCUT2D eigenvalue weighted by molar-refractivity contribution is -0.129. The number of piperazine rings is 1. The van der Waals surface area contributed by atoms with Crippen LogP contribution in [0.4, 0.5) is 4.39 Å². The van der Waals surface area contributed by atoms with Gasteiger partial charge in [0.1, 0.15) is 17.2 Å². The van der Waals surface area contributed by atoms with Gasteiger partial charge < -0.3 is 14.2 Å². The standard InChI is InChI=1S/C21H17FN4O3S2/c22-13-3-1-5-15-17(13)18-19(31-15)20(24-12-23-18)30-11-16(27)25-6-8-26(9-7-25)21(28)14-4-2-10-29-14/h1-5,10,12H,6-9,11H2. The molecule has 31 heavy (non-hydrogen) atoms. The Balaban J connectivity index is 1.24. The van der Waals surface area contributed by atoms with E-state index in [2.05, 4.69) is 9.97 Å². The Labute approximate surface area is 184 Å². The molecule has 0 saturated carbocycles. The van der Waals surface area contributed by atoms with Gasteiger partial charge in [0.05, 0.1) is 27.6 Å². The van der Waals surface area contributed by atoms with Gasteiger partial charge in [-0.25, -0.2) is 14.4 Å². The average molecular weight is 457 g/mol. The van der Waals surface area contributed by atoms with Crippen molar-refractivity contribution >= 4 is 55.2 Å². The molecule has 7 nitrogen and oxygen atoms in total. The average Bonchev–Trinajstić information content (AvgIpc) is 3.46. The van der Waals surface area contributed by atoms with Crippen molar-refractivity contribution in [1.29, 1.82) is 0 Å². The van der Waals surface area contributed by atoms with E-state index in [0.717, 1.165) is 9.40 Å². The van der Waals surface area contributed by atoms with E-state index in [-0.39, 0.29) is 23.4 Å². The van der Waals surface area contributed by atoms with E-state index in [1.165, 1.54) is 41.8 Å². The third kappa shape index (κ3) is 3.77. The van der Waals surface area contributed by atoms with Crippen LogP contribution in [0.25, 0.3) is 20.3 Å². The number of benzene rings is 1. The first-order chi connectivity index (χ1) is 15.1. The molecule has 0 aliphatic carbocycles. The van der Waals surface area contributed by atoms with Crippen LogP contribution in [0.2, 0.25) is 0 Å². The number of carbonyl (C=O) groups excluding carboxylic acids is 2. The van der Waals surface area contributed by atoms with Gasteiger partial charge in [-0.15, -0.1) is 11.3 Å². The fourth-order valence-corrected chi connectivity index (χ4v) is 5.74. The Morgan fingerprint density at radius 3 is 2.68 bits per heavy atom. The Bertz CT molecular complexity index is 1270. The second kappa shape index (κ2) is 8.27. The van der Waals surface area contributed by atoms with Crippen molar-refractivity contribution in [3.63, 3.8) is 0 Å². The van der Waals surface area contributed by atoms with Gasteiger partial charge in [0, 0.05) is 30.9 Å². The van der Waals surface area contributed by atoms with Gasteiger partial charge >= 0.3 is 0 Å². The predicted octanol–water partition coefficient (Wildman–Crippen LogP) is 3.65. The number of hydrogen-bond acceptors (Lipinski definition) is 7. The molecule has 4 heterocycles. The lowest BCUT2D eigenvalue weighted by Crippen LogP contribution is -2.51. The quantitative estimate of drug-likeness (QED) is 0.345. The summed E-state index contributed by atoms with van der Waals surface area (Å²) in [5, 5.41) is 1.17. The molecule has 0 bridgehead atoms. The highest BCUT2D eigenvalue weighted by atomic mass is 32.2. The van der Waals surface area contributed by atoms with Gasteiger partial charge in [-0.3, -0.25) is 9.59 Å². The van der Waals surface area contributed by atoms with Crippen molar-refractivity contribution in [2.24, 2.45) is 0 Å². The predicted molar refractivity (Wildman–Crippen MR) is 117 cm³/mol. The first-order valence-electron chi connectivity index (χ1n) is 9.67. The maximum atomic E-state index is 14.3. The summed E-state index contributed by atoms with van der Waals surface area (Å²) in [7, 11) is 0. The minimum absolute atomic E-state index is 0.0193. The van der Waals surface area contributed by atoms with Crippen LogP contribution in [0, 0.1) is 5.82 Å². The minimum atomic E-state index is -0.309. The largest absolute Gasteiger partial charge is 0.459 e. The van der Waals surface area contributed by atoms with Crippen LogP contribution in [-0.2, 0) is 4.79 Å². The van der Waals surface area contributed by atoms with Crippen LogP contribution in [0.3, 0.4) is 0 Å². The van der Waals surface area contributed by atoms with Crippen molar-refractivity contribution in [3.8, 4) is 0 Å². The van der Waals surface area contributed by atoms with Gasteiger partial charge in [0.2, 0.25) is 5.91 Å². The molecule has 0 atom stereocenters. The second-order valence-corrected chi connectivity index (χ2v) is 9.03. The maximum absolute atomic E-state index is 14.3. The number of aromatic nitrogens is 2. The van der Waals surface area contributed by atoms with Crippen molar-refractivity contribution < 1.29 is 18.4 Å². The van der Waals surface area contributed by atoms with Crippen LogP contribution in [0.15, 0.2) is 52.4 Å². The summed E-state index contributed by atoms with van der Waals surface area (Å²) in [6.45, 7) is 1.87. The number of hydrogen-bond donors (Lipinski definition) is 0. The summed E-state index contributed by atoms with van der Waals surface area (Å²) in [6, 6.07) is 8.27. The minimum Gasteiger partial charge on any atom is -0.459 e. The molecule has 2 amide bonds. The molecule has 1 saturated heterocycles. The summed E-state index contributed by atoms with van der Waals surface area (Å²) in [4.78, 5) is 37.1. The monoisotopic (exact) mass is 456 g/mol. The fraction of sp³-hybridized carbons (Fsp3) is 0.238. The molecule has 0 radical (unpaired) electrons. The van der Waals surface area contributed by atoms with Gasteiger partial charge in [-0.1, -0.05) is 17.8 Å². The van der Waals surface area contributed by atoms with E-state index in [4.69, 9.17) is 4.42 Å². The lowest BCUT2D eigenvalue weighted by atomic mass is 10.2. The van der Waals surface area contributed by atoms with Crippen LogP contribution in [0.1, 0.15) is 10.6 Å². The number of thioether (sulfide) groups is 1. The molecule has 158 valence electrons. The Morgan fingerprint density at radius 2 is 1.90 bits per heavy atom. The van der Waals surface area contributed by atoms with E-state index in [1.54, 1.807) is 28.0 Å². The molecule has 0 spiro atoms. The molecule has 4 aromatic rings. The molecule has 5 rings (SSSR count). The van der Waals surface area contributed by atoms with Gasteiger partial charge in [0.15, 0.2) is 5.76 Å². The summed E-state index contributed by atoms with van der Waals surface area (Å²) in [5.74, 6) is 0.0370. The van der Waals surface area contributed by atoms with E-state index in [0.29, 0.717) is 47.9 Å². The molecule has 0 N–H and O–H groups in total. The summed E-state index contributed by atoms with van der Waals surface area (Å²) >= 11 is 2.76. The first-order valence-corrected chi connectivity index (χ1v) is 11.5. The Hall–Kier alpha value is -2.98. The zero-order chi connectivity index (χ0) is 21.4. The number of rotatable bonds is 4. The lowest BCUT2D eigenvalue weighted by Gasteiger charge is -2.34. The highest BCUT2D eigenvalue weighted by molar-refractivity contribution is 8.00. The summed E-state index contributed by atoms with van der Waals surface area (Å²) < 4.78 is 21.0. The second-order valence-electron chi connectivity index (χ2n) is 7.01. The Morgan fingerprint density at radius 1 is 1.10 bits per heavy atom. The molecule has 1 aliphatic heterocycles. The van der Waals surface area contributed by atoms with Crippen LogP contribution >= 0.6 is 23.1 Å². The number of furan rings is 1. The molecule has 3 aromatic heterocycles. The fourth-order valence-electron chi connectivity index (χ4n) is 3.60. The maximum Gasteiger partial charge on any atom is 0.289 e. The number of thiophene rings is 1.